The number of ether oxygens (including phenoxy) is 1. The highest BCUT2D eigenvalue weighted by Crippen LogP contribution is 2.31. The maximum Gasteiger partial charge on any atom is 0.229 e. The molecular weight excluding hydrogens is 226 g/mol. The van der Waals surface area contributed by atoms with Gasteiger partial charge in [0.2, 0.25) is 5.91 Å². The average Bonchev–Trinajstić information content (AvgIpc) is 2.69. The number of likely N-dealkylation sites (tertiary alicyclic amines) is 1. The number of hydrogen-bond acceptors (Lipinski definition) is 2. The van der Waals surface area contributed by atoms with Crippen molar-refractivity contribution in [1.29, 1.82) is 0 Å². The first-order chi connectivity index (χ1) is 8.43. The molecule has 1 rings (SSSR count). The van der Waals surface area contributed by atoms with E-state index in [1.54, 1.807) is 7.11 Å². The fourth-order valence-electron chi connectivity index (χ4n) is 3.22. The lowest BCUT2D eigenvalue weighted by atomic mass is 9.89. The monoisotopic (exact) mass is 255 g/mol. The van der Waals surface area contributed by atoms with Gasteiger partial charge in [0, 0.05) is 19.2 Å². The van der Waals surface area contributed by atoms with Crippen LogP contribution in [0.4, 0.5) is 0 Å². The minimum absolute atomic E-state index is 0.0113. The van der Waals surface area contributed by atoms with Gasteiger partial charge in [-0.3, -0.25) is 4.79 Å². The van der Waals surface area contributed by atoms with Crippen LogP contribution in [0, 0.1) is 11.8 Å². The molecule has 1 amide bonds. The minimum Gasteiger partial charge on any atom is -0.381 e. The molecule has 0 aromatic heterocycles. The van der Waals surface area contributed by atoms with Gasteiger partial charge >= 0.3 is 0 Å². The van der Waals surface area contributed by atoms with Crippen LogP contribution < -0.4 is 0 Å². The van der Waals surface area contributed by atoms with E-state index in [0.717, 1.165) is 19.3 Å². The summed E-state index contributed by atoms with van der Waals surface area (Å²) in [6.45, 7) is 10.6. The number of carbonyl (C=O) groups is 1. The number of amides is 1. The fourth-order valence-corrected chi connectivity index (χ4v) is 3.22. The maximum atomic E-state index is 12.8. The van der Waals surface area contributed by atoms with E-state index >= 15 is 0 Å². The summed E-state index contributed by atoms with van der Waals surface area (Å²) < 4.78 is 5.41. The molecule has 3 heteroatoms. The molecule has 0 aliphatic carbocycles. The van der Waals surface area contributed by atoms with Crippen LogP contribution in [-0.4, -0.2) is 36.1 Å². The van der Waals surface area contributed by atoms with Crippen LogP contribution in [0.2, 0.25) is 0 Å². The second-order valence-electron chi connectivity index (χ2n) is 5.94. The topological polar surface area (TPSA) is 29.5 Å². The quantitative estimate of drug-likeness (QED) is 0.755. The Kier molecular flexibility index (Phi) is 5.64. The third kappa shape index (κ3) is 3.05. The molecule has 0 aromatic carbocycles. The minimum atomic E-state index is -0.0235. The Labute approximate surface area is 112 Å². The number of hydrogen-bond donors (Lipinski definition) is 0. The molecule has 1 fully saturated rings. The normalized spacial score (nSPS) is 27.6. The van der Waals surface area contributed by atoms with Crippen LogP contribution in [0.15, 0.2) is 0 Å². The van der Waals surface area contributed by atoms with E-state index in [0.29, 0.717) is 18.0 Å². The fraction of sp³-hybridized carbons (Fsp3) is 0.933. The lowest BCUT2D eigenvalue weighted by Crippen LogP contribution is -2.47. The summed E-state index contributed by atoms with van der Waals surface area (Å²) in [5.74, 6) is 0.582. The zero-order chi connectivity index (χ0) is 13.9. The van der Waals surface area contributed by atoms with Gasteiger partial charge < -0.3 is 9.64 Å². The summed E-state index contributed by atoms with van der Waals surface area (Å²) in [4.78, 5) is 14.9. The van der Waals surface area contributed by atoms with Crippen molar-refractivity contribution in [3.8, 4) is 0 Å². The second-order valence-corrected chi connectivity index (χ2v) is 5.94. The predicted molar refractivity (Wildman–Crippen MR) is 74.4 cm³/mol. The largest absolute Gasteiger partial charge is 0.381 e. The Morgan fingerprint density at radius 1 is 1.33 bits per heavy atom. The average molecular weight is 255 g/mol. The summed E-state index contributed by atoms with van der Waals surface area (Å²) in [6.07, 6.45) is 3.33. The molecule has 0 radical (unpaired) electrons. The third-order valence-corrected chi connectivity index (χ3v) is 4.39. The van der Waals surface area contributed by atoms with Gasteiger partial charge in [0.1, 0.15) is 0 Å². The zero-order valence-corrected chi connectivity index (χ0v) is 12.8. The van der Waals surface area contributed by atoms with Gasteiger partial charge in [-0.05, 0) is 39.0 Å². The van der Waals surface area contributed by atoms with Gasteiger partial charge in [-0.2, -0.15) is 0 Å². The Morgan fingerprint density at radius 2 is 1.94 bits per heavy atom. The van der Waals surface area contributed by atoms with Crippen molar-refractivity contribution >= 4 is 5.91 Å². The van der Waals surface area contributed by atoms with Crippen molar-refractivity contribution in [3.05, 3.63) is 0 Å². The van der Waals surface area contributed by atoms with Gasteiger partial charge in [0.15, 0.2) is 0 Å². The van der Waals surface area contributed by atoms with Gasteiger partial charge in [0.05, 0.1) is 12.0 Å². The molecule has 4 atom stereocenters. The highest BCUT2D eigenvalue weighted by atomic mass is 16.5. The van der Waals surface area contributed by atoms with Gasteiger partial charge in [-0.25, -0.2) is 0 Å². The van der Waals surface area contributed by atoms with Gasteiger partial charge in [-0.15, -0.1) is 0 Å². The SMILES string of the molecule is CC[C@@H]1CCC(C)N1C(=O)C(C(C)C)C(C)OC. The molecule has 3 nitrogen and oxygen atoms in total. The molecule has 0 aromatic rings. The molecule has 1 aliphatic heterocycles. The summed E-state index contributed by atoms with van der Waals surface area (Å²) in [7, 11) is 1.69. The van der Waals surface area contributed by atoms with Crippen molar-refractivity contribution in [2.75, 3.05) is 7.11 Å². The standard InChI is InChI=1S/C15H29NO2/c1-7-13-9-8-11(4)16(13)15(17)14(10(2)3)12(5)18-6/h10-14H,7-9H2,1-6H3/t11?,12?,13-,14?/m1/s1. The zero-order valence-electron chi connectivity index (χ0n) is 12.8. The molecule has 1 aliphatic rings. The molecule has 1 saturated heterocycles. The number of rotatable bonds is 5. The van der Waals surface area contributed by atoms with E-state index in [1.165, 1.54) is 0 Å². The van der Waals surface area contributed by atoms with Crippen LogP contribution in [0.25, 0.3) is 0 Å². The van der Waals surface area contributed by atoms with E-state index < -0.39 is 0 Å². The van der Waals surface area contributed by atoms with Gasteiger partial charge in [0.25, 0.3) is 0 Å². The van der Waals surface area contributed by atoms with E-state index in [-0.39, 0.29) is 17.9 Å². The van der Waals surface area contributed by atoms with E-state index in [2.05, 4.69) is 32.6 Å². The van der Waals surface area contributed by atoms with Gasteiger partial charge in [-0.1, -0.05) is 20.8 Å². The maximum absolute atomic E-state index is 12.8. The third-order valence-electron chi connectivity index (χ3n) is 4.39. The van der Waals surface area contributed by atoms with E-state index in [4.69, 9.17) is 4.74 Å². The van der Waals surface area contributed by atoms with Crippen LogP contribution >= 0.6 is 0 Å². The molecule has 0 bridgehead atoms. The summed E-state index contributed by atoms with van der Waals surface area (Å²) in [6, 6.07) is 0.811. The molecule has 106 valence electrons. The molecular formula is C15H29NO2. The summed E-state index contributed by atoms with van der Waals surface area (Å²) >= 11 is 0. The second kappa shape index (κ2) is 6.55. The molecule has 0 spiro atoms. The summed E-state index contributed by atoms with van der Waals surface area (Å²) in [5.41, 5.74) is 0. The predicted octanol–water partition coefficient (Wildman–Crippen LogP) is 3.08. The van der Waals surface area contributed by atoms with Crippen molar-refractivity contribution in [3.63, 3.8) is 0 Å². The Morgan fingerprint density at radius 3 is 2.39 bits per heavy atom. The summed E-state index contributed by atoms with van der Waals surface area (Å²) in [5, 5.41) is 0. The Balaban J connectivity index is 2.88. The van der Waals surface area contributed by atoms with E-state index in [1.807, 2.05) is 6.92 Å². The Hall–Kier alpha value is -0.570. The first-order valence-electron chi connectivity index (χ1n) is 7.28. The highest BCUT2D eigenvalue weighted by molar-refractivity contribution is 5.80. The number of methoxy groups -OCH3 is 1. The molecule has 3 unspecified atom stereocenters. The molecule has 0 N–H and O–H groups in total. The smallest absolute Gasteiger partial charge is 0.229 e. The van der Waals surface area contributed by atoms with Crippen LogP contribution in [-0.2, 0) is 9.53 Å². The molecule has 18 heavy (non-hydrogen) atoms. The lowest BCUT2D eigenvalue weighted by Gasteiger charge is -2.35. The van der Waals surface area contributed by atoms with Crippen LogP contribution in [0.1, 0.15) is 53.9 Å². The number of carbonyl (C=O) groups excluding carboxylic acids is 1. The van der Waals surface area contributed by atoms with Crippen molar-refractivity contribution in [1.82, 2.24) is 4.90 Å². The van der Waals surface area contributed by atoms with Crippen molar-refractivity contribution in [2.45, 2.75) is 72.1 Å². The highest BCUT2D eigenvalue weighted by Gasteiger charge is 2.39. The Bertz CT molecular complexity index is 274. The first-order valence-corrected chi connectivity index (χ1v) is 7.28. The number of nitrogens with zero attached hydrogens (tertiary/aromatic N) is 1. The first kappa shape index (κ1) is 15.5. The van der Waals surface area contributed by atoms with Crippen LogP contribution in [0.3, 0.4) is 0 Å². The van der Waals surface area contributed by atoms with Crippen molar-refractivity contribution < 1.29 is 9.53 Å². The molecule has 1 heterocycles. The van der Waals surface area contributed by atoms with E-state index in [9.17, 15) is 4.79 Å². The lowest BCUT2D eigenvalue weighted by molar-refractivity contribution is -0.144. The van der Waals surface area contributed by atoms with Crippen molar-refractivity contribution in [2.24, 2.45) is 11.8 Å². The molecule has 0 saturated carbocycles. The van der Waals surface area contributed by atoms with Crippen LogP contribution in [0.5, 0.6) is 0 Å².